The number of thioether (sulfide) groups is 1. The fraction of sp³-hybridized carbons (Fsp3) is 0.179. The lowest BCUT2D eigenvalue weighted by molar-refractivity contribution is -0.137. The Hall–Kier alpha value is -4.25. The molecule has 1 aliphatic rings. The van der Waals surface area contributed by atoms with Crippen LogP contribution in [0.3, 0.4) is 0 Å². The van der Waals surface area contributed by atoms with Crippen LogP contribution in [0.2, 0.25) is 0 Å². The van der Waals surface area contributed by atoms with E-state index in [9.17, 15) is 18.0 Å². The van der Waals surface area contributed by atoms with Gasteiger partial charge in [0.25, 0.3) is 0 Å². The number of nitrogens with zero attached hydrogens (tertiary/aromatic N) is 5. The predicted octanol–water partition coefficient (Wildman–Crippen LogP) is 6.36. The molecule has 39 heavy (non-hydrogen) atoms. The second-order valence-electron chi connectivity index (χ2n) is 8.78. The van der Waals surface area contributed by atoms with Gasteiger partial charge in [0.05, 0.1) is 28.9 Å². The van der Waals surface area contributed by atoms with Crippen LogP contribution in [0, 0.1) is 0 Å². The number of amides is 1. The lowest BCUT2D eigenvalue weighted by Gasteiger charge is -2.20. The Morgan fingerprint density at radius 2 is 1.72 bits per heavy atom. The molecule has 7 nitrogen and oxygen atoms in total. The molecule has 1 amide bonds. The van der Waals surface area contributed by atoms with Crippen LogP contribution in [0.1, 0.15) is 42.0 Å². The van der Waals surface area contributed by atoms with Crippen molar-refractivity contribution in [1.29, 1.82) is 0 Å². The SMILES string of the molecule is CC(C)c1ccccc1N1C(=O)CS/C1=N/N=C/c1ccc(C(N)=NC=Nc2ccc(C(F)(F)F)cc2)cc1. The average Bonchev–Trinajstić information content (AvgIpc) is 3.28. The molecular formula is C28H25F3N6OS. The van der Waals surface area contributed by atoms with Crippen LogP contribution in [0.25, 0.3) is 0 Å². The van der Waals surface area contributed by atoms with Gasteiger partial charge in [-0.1, -0.05) is 68.1 Å². The largest absolute Gasteiger partial charge is 0.416 e. The molecule has 0 radical (unpaired) electrons. The van der Waals surface area contributed by atoms with Gasteiger partial charge in [0.2, 0.25) is 5.91 Å². The second-order valence-corrected chi connectivity index (χ2v) is 9.73. The van der Waals surface area contributed by atoms with Gasteiger partial charge in [0.1, 0.15) is 12.2 Å². The zero-order valence-electron chi connectivity index (χ0n) is 21.1. The number of anilines is 1. The number of aliphatic imine (C=N–C) groups is 2. The van der Waals surface area contributed by atoms with Gasteiger partial charge in [-0.05, 0) is 47.4 Å². The van der Waals surface area contributed by atoms with Gasteiger partial charge >= 0.3 is 6.18 Å². The van der Waals surface area contributed by atoms with Crippen molar-refractivity contribution in [2.45, 2.75) is 25.9 Å². The van der Waals surface area contributed by atoms with Gasteiger partial charge in [-0.2, -0.15) is 18.3 Å². The lowest BCUT2D eigenvalue weighted by Crippen LogP contribution is -2.30. The minimum Gasteiger partial charge on any atom is -0.383 e. The number of halogens is 3. The van der Waals surface area contributed by atoms with Crippen LogP contribution in [0.4, 0.5) is 24.5 Å². The molecule has 4 rings (SSSR count). The van der Waals surface area contributed by atoms with Crippen LogP contribution >= 0.6 is 11.8 Å². The topological polar surface area (TPSA) is 95.8 Å². The van der Waals surface area contributed by atoms with Gasteiger partial charge in [0.15, 0.2) is 5.17 Å². The molecule has 1 heterocycles. The third-order valence-electron chi connectivity index (χ3n) is 5.72. The quantitative estimate of drug-likeness (QED) is 0.211. The van der Waals surface area contributed by atoms with E-state index in [-0.39, 0.29) is 17.7 Å². The molecule has 0 aliphatic carbocycles. The van der Waals surface area contributed by atoms with Crippen LogP contribution in [-0.2, 0) is 11.0 Å². The maximum Gasteiger partial charge on any atom is 0.416 e. The number of para-hydroxylation sites is 1. The fourth-order valence-electron chi connectivity index (χ4n) is 3.71. The number of carbonyl (C=O) groups excluding carboxylic acids is 1. The van der Waals surface area contributed by atoms with Crippen molar-refractivity contribution in [3.8, 4) is 0 Å². The van der Waals surface area contributed by atoms with Gasteiger partial charge in [-0.15, -0.1) is 5.10 Å². The van der Waals surface area contributed by atoms with Crippen LogP contribution in [0.15, 0.2) is 93.0 Å². The minimum absolute atomic E-state index is 0.0389. The van der Waals surface area contributed by atoms with E-state index >= 15 is 0 Å². The Labute approximate surface area is 228 Å². The number of alkyl halides is 3. The number of benzene rings is 3. The van der Waals surface area contributed by atoms with Crippen LogP contribution in [0.5, 0.6) is 0 Å². The number of rotatable bonds is 7. The Kier molecular flexibility index (Phi) is 8.60. The van der Waals surface area contributed by atoms with Crippen molar-refractivity contribution in [2.24, 2.45) is 25.9 Å². The first-order valence-electron chi connectivity index (χ1n) is 11.9. The highest BCUT2D eigenvalue weighted by molar-refractivity contribution is 8.15. The van der Waals surface area contributed by atoms with E-state index < -0.39 is 11.7 Å². The third kappa shape index (κ3) is 6.99. The number of hydrogen-bond acceptors (Lipinski definition) is 5. The Morgan fingerprint density at radius 3 is 2.38 bits per heavy atom. The monoisotopic (exact) mass is 550 g/mol. The molecule has 0 aromatic heterocycles. The molecule has 1 saturated heterocycles. The standard InChI is InChI=1S/C28H25F3N6OS/c1-18(2)23-5-3-4-6-24(23)37-25(38)16-39-27(37)36-35-15-19-7-9-20(10-8-19)26(32)34-17-33-22-13-11-21(12-14-22)28(29,30)31/h3-15,17-18H,16H2,1-2H3,(H2,32,33,34)/b35-15+,36-27+. The summed E-state index contributed by atoms with van der Waals surface area (Å²) in [6.07, 6.45) is -1.64. The highest BCUT2D eigenvalue weighted by Crippen LogP contribution is 2.33. The van der Waals surface area contributed by atoms with E-state index in [1.165, 1.54) is 30.2 Å². The molecule has 0 unspecified atom stereocenters. The summed E-state index contributed by atoms with van der Waals surface area (Å²) in [5.41, 5.74) is 8.85. The lowest BCUT2D eigenvalue weighted by atomic mass is 10.0. The van der Waals surface area contributed by atoms with Crippen LogP contribution in [-0.4, -0.2) is 35.2 Å². The minimum atomic E-state index is -4.40. The van der Waals surface area contributed by atoms with Crippen molar-refractivity contribution < 1.29 is 18.0 Å². The molecule has 0 saturated carbocycles. The van der Waals surface area contributed by atoms with E-state index in [1.807, 2.05) is 24.3 Å². The maximum atomic E-state index is 12.7. The molecule has 3 aromatic rings. The Morgan fingerprint density at radius 1 is 1.03 bits per heavy atom. The Balaban J connectivity index is 1.42. The molecule has 2 N–H and O–H groups in total. The van der Waals surface area contributed by atoms with Crippen molar-refractivity contribution in [2.75, 3.05) is 10.7 Å². The fourth-order valence-corrected chi connectivity index (χ4v) is 4.52. The van der Waals surface area contributed by atoms with E-state index in [0.717, 1.165) is 28.9 Å². The molecule has 0 spiro atoms. The van der Waals surface area contributed by atoms with Gasteiger partial charge in [-0.25, -0.2) is 9.98 Å². The van der Waals surface area contributed by atoms with E-state index in [1.54, 1.807) is 35.4 Å². The number of amidine groups is 2. The number of nitrogens with two attached hydrogens (primary N) is 1. The van der Waals surface area contributed by atoms with Gasteiger partial charge in [0, 0.05) is 5.56 Å². The molecular weight excluding hydrogens is 525 g/mol. The second kappa shape index (κ2) is 12.1. The highest BCUT2D eigenvalue weighted by Gasteiger charge is 2.32. The third-order valence-corrected chi connectivity index (χ3v) is 6.63. The zero-order valence-corrected chi connectivity index (χ0v) is 21.9. The smallest absolute Gasteiger partial charge is 0.383 e. The molecule has 0 atom stereocenters. The van der Waals surface area contributed by atoms with Crippen molar-refractivity contribution >= 4 is 52.6 Å². The first-order chi connectivity index (χ1) is 18.6. The summed E-state index contributed by atoms with van der Waals surface area (Å²) in [7, 11) is 0. The predicted molar refractivity (Wildman–Crippen MR) is 152 cm³/mol. The summed E-state index contributed by atoms with van der Waals surface area (Å²) in [5, 5.41) is 9.00. The highest BCUT2D eigenvalue weighted by atomic mass is 32.2. The first-order valence-corrected chi connectivity index (χ1v) is 12.9. The first kappa shape index (κ1) is 27.8. The van der Waals surface area contributed by atoms with Gasteiger partial charge in [-0.3, -0.25) is 9.69 Å². The molecule has 3 aromatic carbocycles. The molecule has 0 bridgehead atoms. The maximum absolute atomic E-state index is 12.7. The van der Waals surface area contributed by atoms with Gasteiger partial charge < -0.3 is 5.73 Å². The van der Waals surface area contributed by atoms with Crippen molar-refractivity contribution in [3.05, 3.63) is 95.1 Å². The van der Waals surface area contributed by atoms with Crippen molar-refractivity contribution in [1.82, 2.24) is 0 Å². The number of hydrogen-bond donors (Lipinski definition) is 1. The average molecular weight is 551 g/mol. The summed E-state index contributed by atoms with van der Waals surface area (Å²) in [6, 6.07) is 19.3. The van der Waals surface area contributed by atoms with E-state index in [0.29, 0.717) is 22.2 Å². The molecule has 1 aliphatic heterocycles. The zero-order chi connectivity index (χ0) is 28.0. The molecule has 200 valence electrons. The molecule has 11 heteroatoms. The summed E-state index contributed by atoms with van der Waals surface area (Å²) in [4.78, 5) is 22.3. The Bertz CT molecular complexity index is 1450. The molecule has 1 fully saturated rings. The summed E-state index contributed by atoms with van der Waals surface area (Å²) in [6.45, 7) is 4.16. The number of carbonyl (C=O) groups is 1. The summed E-state index contributed by atoms with van der Waals surface area (Å²) >= 11 is 1.34. The van der Waals surface area contributed by atoms with E-state index in [2.05, 4.69) is 34.0 Å². The van der Waals surface area contributed by atoms with Crippen molar-refractivity contribution in [3.63, 3.8) is 0 Å². The normalized spacial score (nSPS) is 15.9. The van der Waals surface area contributed by atoms with Crippen LogP contribution < -0.4 is 10.6 Å². The van der Waals surface area contributed by atoms with E-state index in [4.69, 9.17) is 5.73 Å². The summed E-state index contributed by atoms with van der Waals surface area (Å²) in [5.74, 6) is 0.698. The summed E-state index contributed by atoms with van der Waals surface area (Å²) < 4.78 is 38.0.